The first-order valence-corrected chi connectivity index (χ1v) is 7.54. The molecule has 1 heterocycles. The normalized spacial score (nSPS) is 13.9. The predicted molar refractivity (Wildman–Crippen MR) is 78.5 cm³/mol. The first-order chi connectivity index (χ1) is 9.13. The Morgan fingerprint density at radius 1 is 0.947 bits per heavy atom. The lowest BCUT2D eigenvalue weighted by atomic mass is 9.98. The van der Waals surface area contributed by atoms with E-state index in [9.17, 15) is 4.39 Å². The van der Waals surface area contributed by atoms with E-state index in [1.54, 1.807) is 23.9 Å². The molecule has 1 aliphatic rings. The Kier molecular flexibility index (Phi) is 3.36. The highest BCUT2D eigenvalue weighted by Gasteiger charge is 2.15. The maximum atomic E-state index is 13.4. The summed E-state index contributed by atoms with van der Waals surface area (Å²) in [4.78, 5) is 2.34. The van der Waals surface area contributed by atoms with Crippen molar-refractivity contribution in [2.75, 3.05) is 0 Å². The standard InChI is InChI=1S/C17H17FS/c1-11(2)13-6-8-16-14(9-13)4-3-12-5-7-15(18)10-17(12)19-16/h5-11H,3-4H2,1-2H3. The summed E-state index contributed by atoms with van der Waals surface area (Å²) in [6.07, 6.45) is 2.04. The Bertz CT molecular complexity index is 617. The predicted octanol–water partition coefficient (Wildman–Crippen LogP) is 5.20. The van der Waals surface area contributed by atoms with Gasteiger partial charge in [-0.3, -0.25) is 0 Å². The second-order valence-electron chi connectivity index (χ2n) is 5.38. The summed E-state index contributed by atoms with van der Waals surface area (Å²) < 4.78 is 13.4. The number of hydrogen-bond acceptors (Lipinski definition) is 1. The number of aryl methyl sites for hydroxylation is 2. The molecule has 0 nitrogen and oxygen atoms in total. The number of hydrogen-bond donors (Lipinski definition) is 0. The minimum Gasteiger partial charge on any atom is -0.207 e. The van der Waals surface area contributed by atoms with Gasteiger partial charge in [0.05, 0.1) is 0 Å². The maximum Gasteiger partial charge on any atom is 0.124 e. The summed E-state index contributed by atoms with van der Waals surface area (Å²) in [7, 11) is 0. The third-order valence-corrected chi connectivity index (χ3v) is 4.88. The van der Waals surface area contributed by atoms with Crippen molar-refractivity contribution in [1.82, 2.24) is 0 Å². The van der Waals surface area contributed by atoms with Crippen LogP contribution < -0.4 is 0 Å². The number of rotatable bonds is 1. The Labute approximate surface area is 118 Å². The Balaban J connectivity index is 2.02. The van der Waals surface area contributed by atoms with E-state index in [0.29, 0.717) is 5.92 Å². The van der Waals surface area contributed by atoms with Crippen molar-refractivity contribution in [3.8, 4) is 0 Å². The molecule has 98 valence electrons. The molecule has 19 heavy (non-hydrogen) atoms. The third-order valence-electron chi connectivity index (χ3n) is 3.66. The molecule has 0 saturated heterocycles. The fraction of sp³-hybridized carbons (Fsp3) is 0.294. The van der Waals surface area contributed by atoms with Crippen molar-refractivity contribution >= 4 is 11.8 Å². The van der Waals surface area contributed by atoms with Gasteiger partial charge in [0.15, 0.2) is 0 Å². The number of fused-ring (bicyclic) bond motifs is 2. The van der Waals surface area contributed by atoms with Crippen LogP contribution >= 0.6 is 11.8 Å². The zero-order valence-corrected chi connectivity index (χ0v) is 12.1. The van der Waals surface area contributed by atoms with Gasteiger partial charge < -0.3 is 0 Å². The summed E-state index contributed by atoms with van der Waals surface area (Å²) in [5.41, 5.74) is 4.04. The van der Waals surface area contributed by atoms with Gasteiger partial charge in [-0.05, 0) is 53.6 Å². The molecular formula is C17H17FS. The SMILES string of the molecule is CC(C)c1ccc2c(c1)CCc1ccc(F)cc1S2. The van der Waals surface area contributed by atoms with Crippen LogP contribution in [0.5, 0.6) is 0 Å². The van der Waals surface area contributed by atoms with Gasteiger partial charge in [-0.1, -0.05) is 43.8 Å². The zero-order valence-electron chi connectivity index (χ0n) is 11.2. The molecule has 0 radical (unpaired) electrons. The lowest BCUT2D eigenvalue weighted by Gasteiger charge is -2.10. The van der Waals surface area contributed by atoms with Crippen LogP contribution in [0, 0.1) is 5.82 Å². The van der Waals surface area contributed by atoms with Gasteiger partial charge in [-0.25, -0.2) is 4.39 Å². The van der Waals surface area contributed by atoms with Gasteiger partial charge >= 0.3 is 0 Å². The van der Waals surface area contributed by atoms with Crippen LogP contribution in [-0.2, 0) is 12.8 Å². The molecule has 2 heteroatoms. The summed E-state index contributed by atoms with van der Waals surface area (Å²) in [5, 5.41) is 0. The van der Waals surface area contributed by atoms with E-state index in [4.69, 9.17) is 0 Å². The molecule has 2 aromatic carbocycles. The molecule has 0 atom stereocenters. The maximum absolute atomic E-state index is 13.4. The number of benzene rings is 2. The van der Waals surface area contributed by atoms with E-state index in [1.165, 1.54) is 21.6 Å². The summed E-state index contributed by atoms with van der Waals surface area (Å²) >= 11 is 1.70. The topological polar surface area (TPSA) is 0 Å². The smallest absolute Gasteiger partial charge is 0.124 e. The van der Waals surface area contributed by atoms with Crippen LogP contribution in [0.15, 0.2) is 46.2 Å². The monoisotopic (exact) mass is 272 g/mol. The van der Waals surface area contributed by atoms with Crippen molar-refractivity contribution in [1.29, 1.82) is 0 Å². The third kappa shape index (κ3) is 2.55. The lowest BCUT2D eigenvalue weighted by Crippen LogP contribution is -1.94. The fourth-order valence-corrected chi connectivity index (χ4v) is 3.61. The minimum absolute atomic E-state index is 0.145. The summed E-state index contributed by atoms with van der Waals surface area (Å²) in [6.45, 7) is 4.44. The van der Waals surface area contributed by atoms with Crippen molar-refractivity contribution in [2.24, 2.45) is 0 Å². The molecule has 0 amide bonds. The van der Waals surface area contributed by atoms with E-state index in [0.717, 1.165) is 17.7 Å². The largest absolute Gasteiger partial charge is 0.207 e. The Hall–Kier alpha value is -1.28. The fourth-order valence-electron chi connectivity index (χ4n) is 2.47. The van der Waals surface area contributed by atoms with Crippen LogP contribution in [-0.4, -0.2) is 0 Å². The van der Waals surface area contributed by atoms with Crippen molar-refractivity contribution in [3.63, 3.8) is 0 Å². The van der Waals surface area contributed by atoms with Crippen LogP contribution in [0.2, 0.25) is 0 Å². The van der Waals surface area contributed by atoms with Crippen LogP contribution in [0.3, 0.4) is 0 Å². The van der Waals surface area contributed by atoms with E-state index >= 15 is 0 Å². The Morgan fingerprint density at radius 3 is 2.53 bits per heavy atom. The Morgan fingerprint density at radius 2 is 1.74 bits per heavy atom. The minimum atomic E-state index is -0.145. The first-order valence-electron chi connectivity index (χ1n) is 6.72. The van der Waals surface area contributed by atoms with E-state index in [2.05, 4.69) is 32.0 Å². The molecule has 3 rings (SSSR count). The number of halogens is 1. The second kappa shape index (κ2) is 5.01. The average Bonchev–Trinajstić information content (AvgIpc) is 2.56. The molecule has 2 aromatic rings. The molecule has 0 spiro atoms. The van der Waals surface area contributed by atoms with E-state index in [1.807, 2.05) is 6.07 Å². The molecule has 0 fully saturated rings. The highest BCUT2D eigenvalue weighted by molar-refractivity contribution is 7.99. The molecule has 0 unspecified atom stereocenters. The summed E-state index contributed by atoms with van der Waals surface area (Å²) in [6, 6.07) is 11.8. The summed E-state index contributed by atoms with van der Waals surface area (Å²) in [5.74, 6) is 0.409. The van der Waals surface area contributed by atoms with Gasteiger partial charge in [0, 0.05) is 9.79 Å². The van der Waals surface area contributed by atoms with Gasteiger partial charge in [-0.15, -0.1) is 0 Å². The first kappa shape index (κ1) is 12.7. The molecule has 0 aromatic heterocycles. The van der Waals surface area contributed by atoms with Crippen LogP contribution in [0.1, 0.15) is 36.5 Å². The van der Waals surface area contributed by atoms with Gasteiger partial charge in [-0.2, -0.15) is 0 Å². The highest BCUT2D eigenvalue weighted by atomic mass is 32.2. The van der Waals surface area contributed by atoms with Crippen molar-refractivity contribution < 1.29 is 4.39 Å². The molecule has 1 aliphatic heterocycles. The lowest BCUT2D eigenvalue weighted by molar-refractivity contribution is 0.622. The average molecular weight is 272 g/mol. The molecule has 0 bridgehead atoms. The second-order valence-corrected chi connectivity index (χ2v) is 6.46. The van der Waals surface area contributed by atoms with E-state index < -0.39 is 0 Å². The molecule has 0 N–H and O–H groups in total. The van der Waals surface area contributed by atoms with Crippen molar-refractivity contribution in [2.45, 2.75) is 42.4 Å². The zero-order chi connectivity index (χ0) is 13.4. The van der Waals surface area contributed by atoms with Crippen molar-refractivity contribution in [3.05, 3.63) is 58.9 Å². The van der Waals surface area contributed by atoms with Crippen LogP contribution in [0.4, 0.5) is 4.39 Å². The highest BCUT2D eigenvalue weighted by Crippen LogP contribution is 2.38. The molecular weight excluding hydrogens is 255 g/mol. The van der Waals surface area contributed by atoms with Crippen LogP contribution in [0.25, 0.3) is 0 Å². The van der Waals surface area contributed by atoms with Gasteiger partial charge in [0.1, 0.15) is 5.82 Å². The quantitative estimate of drug-likeness (QED) is 0.687. The van der Waals surface area contributed by atoms with Gasteiger partial charge in [0.25, 0.3) is 0 Å². The molecule has 0 aliphatic carbocycles. The van der Waals surface area contributed by atoms with Gasteiger partial charge in [0.2, 0.25) is 0 Å². The van der Waals surface area contributed by atoms with E-state index in [-0.39, 0.29) is 5.82 Å². The molecule has 0 saturated carbocycles.